The lowest BCUT2D eigenvalue weighted by Crippen LogP contribution is -2.45. The Balaban J connectivity index is 2.68. The fourth-order valence-corrected chi connectivity index (χ4v) is 2.89. The topological polar surface area (TPSA) is 29.1 Å². The van der Waals surface area contributed by atoms with Gasteiger partial charge in [0.05, 0.1) is 0 Å². The first kappa shape index (κ1) is 12.5. The number of rotatable bonds is 4. The van der Waals surface area contributed by atoms with E-state index in [2.05, 4.69) is 33.0 Å². The normalized spacial score (nSPS) is 36.6. The van der Waals surface area contributed by atoms with Gasteiger partial charge in [0.1, 0.15) is 0 Å². The second-order valence-electron chi connectivity index (χ2n) is 5.71. The molecule has 0 bridgehead atoms. The van der Waals surface area contributed by atoms with Crippen LogP contribution in [-0.2, 0) is 4.79 Å². The molecule has 1 rings (SSSR count). The van der Waals surface area contributed by atoms with E-state index in [4.69, 9.17) is 0 Å². The van der Waals surface area contributed by atoms with Gasteiger partial charge in [-0.1, -0.05) is 34.1 Å². The molecule has 1 saturated carbocycles. The second kappa shape index (κ2) is 5.00. The molecule has 2 heteroatoms. The Morgan fingerprint density at radius 2 is 2.20 bits per heavy atom. The van der Waals surface area contributed by atoms with Gasteiger partial charge in [0.2, 0.25) is 6.41 Å². The van der Waals surface area contributed by atoms with E-state index in [0.717, 1.165) is 12.8 Å². The third kappa shape index (κ3) is 2.96. The predicted molar refractivity (Wildman–Crippen MR) is 63.6 cm³/mol. The molecule has 3 atom stereocenters. The molecule has 1 N–H and O–H groups in total. The zero-order chi connectivity index (χ0) is 11.5. The first-order valence-corrected chi connectivity index (χ1v) is 6.22. The van der Waals surface area contributed by atoms with Crippen molar-refractivity contribution in [3.05, 3.63) is 0 Å². The van der Waals surface area contributed by atoms with E-state index in [1.807, 2.05) is 0 Å². The van der Waals surface area contributed by atoms with Gasteiger partial charge < -0.3 is 5.32 Å². The molecule has 0 heterocycles. The van der Waals surface area contributed by atoms with Crippen molar-refractivity contribution < 1.29 is 4.79 Å². The van der Waals surface area contributed by atoms with Gasteiger partial charge in [-0.05, 0) is 36.5 Å². The molecule has 0 aliphatic heterocycles. The van der Waals surface area contributed by atoms with E-state index < -0.39 is 0 Å². The average molecular weight is 211 g/mol. The molecule has 1 aliphatic carbocycles. The third-order valence-corrected chi connectivity index (χ3v) is 4.30. The quantitative estimate of drug-likeness (QED) is 0.712. The van der Waals surface area contributed by atoms with Crippen molar-refractivity contribution in [3.63, 3.8) is 0 Å². The molecule has 0 aromatic rings. The molecule has 1 fully saturated rings. The number of carbonyl (C=O) groups excluding carboxylic acids is 1. The summed E-state index contributed by atoms with van der Waals surface area (Å²) in [5, 5.41) is 3.02. The Bertz CT molecular complexity index is 215. The Morgan fingerprint density at radius 3 is 2.67 bits per heavy atom. The maximum absolute atomic E-state index is 10.6. The van der Waals surface area contributed by atoms with E-state index in [-0.39, 0.29) is 0 Å². The summed E-state index contributed by atoms with van der Waals surface area (Å²) in [4.78, 5) is 10.6. The lowest BCUT2D eigenvalue weighted by molar-refractivity contribution is -0.111. The van der Waals surface area contributed by atoms with Crippen LogP contribution in [0.3, 0.4) is 0 Å². The van der Waals surface area contributed by atoms with Crippen molar-refractivity contribution in [1.82, 2.24) is 5.32 Å². The Labute approximate surface area is 93.8 Å². The van der Waals surface area contributed by atoms with Gasteiger partial charge in [0.15, 0.2) is 0 Å². The van der Waals surface area contributed by atoms with Crippen LogP contribution in [0.4, 0.5) is 0 Å². The number of amides is 1. The van der Waals surface area contributed by atoms with Crippen LogP contribution in [0.15, 0.2) is 0 Å². The summed E-state index contributed by atoms with van der Waals surface area (Å²) in [6.07, 6.45) is 5.80. The van der Waals surface area contributed by atoms with Gasteiger partial charge in [-0.2, -0.15) is 0 Å². The van der Waals surface area contributed by atoms with Crippen molar-refractivity contribution in [1.29, 1.82) is 0 Å². The molecule has 1 amide bonds. The highest BCUT2D eigenvalue weighted by molar-refractivity contribution is 5.46. The maximum Gasteiger partial charge on any atom is 0.207 e. The average Bonchev–Trinajstić information content (AvgIpc) is 2.18. The van der Waals surface area contributed by atoms with Crippen LogP contribution in [0.1, 0.15) is 53.4 Å². The molecule has 0 aromatic carbocycles. The van der Waals surface area contributed by atoms with Crippen LogP contribution < -0.4 is 5.32 Å². The fourth-order valence-electron chi connectivity index (χ4n) is 2.89. The largest absolute Gasteiger partial charge is 0.356 e. The minimum absolute atomic E-state index is 0.390. The number of hydrogen-bond acceptors (Lipinski definition) is 1. The minimum Gasteiger partial charge on any atom is -0.356 e. The molecule has 15 heavy (non-hydrogen) atoms. The lowest BCUT2D eigenvalue weighted by Gasteiger charge is -2.43. The number of hydrogen-bond donors (Lipinski definition) is 1. The van der Waals surface area contributed by atoms with Gasteiger partial charge in [-0.15, -0.1) is 0 Å². The zero-order valence-electron chi connectivity index (χ0n) is 10.5. The highest BCUT2D eigenvalue weighted by Crippen LogP contribution is 2.43. The maximum atomic E-state index is 10.6. The first-order valence-electron chi connectivity index (χ1n) is 6.22. The summed E-state index contributed by atoms with van der Waals surface area (Å²) < 4.78 is 0. The zero-order valence-corrected chi connectivity index (χ0v) is 10.5. The molecule has 1 aliphatic rings. The molecule has 88 valence electrons. The van der Waals surface area contributed by atoms with E-state index in [9.17, 15) is 4.79 Å². The lowest BCUT2D eigenvalue weighted by atomic mass is 9.65. The summed E-state index contributed by atoms with van der Waals surface area (Å²) >= 11 is 0. The van der Waals surface area contributed by atoms with Crippen molar-refractivity contribution in [3.8, 4) is 0 Å². The van der Waals surface area contributed by atoms with Crippen LogP contribution in [0.2, 0.25) is 0 Å². The van der Waals surface area contributed by atoms with Crippen LogP contribution >= 0.6 is 0 Å². The van der Waals surface area contributed by atoms with Crippen LogP contribution in [-0.4, -0.2) is 12.5 Å². The van der Waals surface area contributed by atoms with E-state index in [0.29, 0.717) is 23.3 Å². The molecular weight excluding hydrogens is 186 g/mol. The summed E-state index contributed by atoms with van der Waals surface area (Å²) in [7, 11) is 0. The molecule has 0 aromatic heterocycles. The highest BCUT2D eigenvalue weighted by Gasteiger charge is 2.37. The summed E-state index contributed by atoms with van der Waals surface area (Å²) in [5.74, 6) is 1.33. The van der Waals surface area contributed by atoms with Gasteiger partial charge in [0.25, 0.3) is 0 Å². The Morgan fingerprint density at radius 1 is 1.53 bits per heavy atom. The van der Waals surface area contributed by atoms with Gasteiger partial charge in [0, 0.05) is 6.04 Å². The Hall–Kier alpha value is -0.530. The van der Waals surface area contributed by atoms with E-state index >= 15 is 0 Å². The van der Waals surface area contributed by atoms with Crippen molar-refractivity contribution in [2.45, 2.75) is 59.4 Å². The minimum atomic E-state index is 0.390. The molecule has 0 radical (unpaired) electrons. The monoisotopic (exact) mass is 211 g/mol. The molecule has 3 unspecified atom stereocenters. The highest BCUT2D eigenvalue weighted by atomic mass is 16.1. The van der Waals surface area contributed by atoms with Crippen LogP contribution in [0, 0.1) is 17.3 Å². The van der Waals surface area contributed by atoms with Crippen LogP contribution in [0.25, 0.3) is 0 Å². The standard InChI is InChI=1S/C13H25NO/c1-5-13(4)7-6-11(10(2)3)12(8-13)14-9-15/h9-12H,5-8H2,1-4H3,(H,14,15). The first-order chi connectivity index (χ1) is 7.02. The van der Waals surface area contributed by atoms with Gasteiger partial charge in [-0.3, -0.25) is 4.79 Å². The predicted octanol–water partition coefficient (Wildman–Crippen LogP) is 2.97. The molecule has 2 nitrogen and oxygen atoms in total. The summed E-state index contributed by atoms with van der Waals surface area (Å²) in [6, 6.07) is 0.390. The van der Waals surface area contributed by atoms with Crippen LogP contribution in [0.5, 0.6) is 0 Å². The van der Waals surface area contributed by atoms with E-state index in [1.165, 1.54) is 19.3 Å². The van der Waals surface area contributed by atoms with Crippen molar-refractivity contribution in [2.75, 3.05) is 0 Å². The molecular formula is C13H25NO. The van der Waals surface area contributed by atoms with Gasteiger partial charge in [-0.25, -0.2) is 0 Å². The molecule has 0 saturated heterocycles. The summed E-state index contributed by atoms with van der Waals surface area (Å²) in [6.45, 7) is 9.13. The fraction of sp³-hybridized carbons (Fsp3) is 0.923. The Kier molecular flexibility index (Phi) is 4.18. The molecule has 0 spiro atoms. The smallest absolute Gasteiger partial charge is 0.207 e. The van der Waals surface area contributed by atoms with Crippen molar-refractivity contribution in [2.24, 2.45) is 17.3 Å². The SMILES string of the molecule is CCC1(C)CCC(C(C)C)C(NC=O)C1. The van der Waals surface area contributed by atoms with E-state index in [1.54, 1.807) is 0 Å². The van der Waals surface area contributed by atoms with Gasteiger partial charge >= 0.3 is 0 Å². The van der Waals surface area contributed by atoms with Crippen molar-refractivity contribution >= 4 is 6.41 Å². The third-order valence-electron chi connectivity index (χ3n) is 4.30. The second-order valence-corrected chi connectivity index (χ2v) is 5.71. The number of nitrogens with one attached hydrogen (secondary N) is 1. The summed E-state index contributed by atoms with van der Waals surface area (Å²) in [5.41, 5.74) is 0.437. The number of carbonyl (C=O) groups is 1.